The quantitative estimate of drug-likeness (QED) is 0.813. The molecule has 28 heavy (non-hydrogen) atoms. The van der Waals surface area contributed by atoms with E-state index in [1.165, 1.54) is 17.5 Å². The summed E-state index contributed by atoms with van der Waals surface area (Å²) < 4.78 is 0. The average Bonchev–Trinajstić information content (AvgIpc) is 3.25. The average molecular weight is 397 g/mol. The second-order valence-electron chi connectivity index (χ2n) is 7.47. The van der Waals surface area contributed by atoms with Crippen molar-refractivity contribution < 1.29 is 4.79 Å². The number of aromatic nitrogens is 1. The monoisotopic (exact) mass is 396 g/mol. The van der Waals surface area contributed by atoms with E-state index in [0.29, 0.717) is 0 Å². The van der Waals surface area contributed by atoms with Crippen molar-refractivity contribution in [3.63, 3.8) is 0 Å². The topological polar surface area (TPSA) is 48.5 Å². The highest BCUT2D eigenvalue weighted by atomic mass is 32.2. The first-order valence-electron chi connectivity index (χ1n) is 10.1. The van der Waals surface area contributed by atoms with Gasteiger partial charge in [0.15, 0.2) is 0 Å². The van der Waals surface area contributed by atoms with E-state index in [4.69, 9.17) is 0 Å². The standard InChI is InChI=1S/C22H28N4OS/c27-22(20-17-28-21(24-20)19-8-10-23-11-9-19)26-15-13-25(14-16-26)12-4-7-18-5-2-1-3-6-18/h1-3,5-6,8-11,20-21,24H,4,7,12-17H2. The Bertz CT molecular complexity index is 750. The highest BCUT2D eigenvalue weighted by Crippen LogP contribution is 2.32. The van der Waals surface area contributed by atoms with Gasteiger partial charge in [-0.15, -0.1) is 11.8 Å². The minimum atomic E-state index is -0.0761. The number of aryl methyl sites for hydroxylation is 1. The summed E-state index contributed by atoms with van der Waals surface area (Å²) in [5, 5.41) is 3.69. The summed E-state index contributed by atoms with van der Waals surface area (Å²) in [4.78, 5) is 21.5. The Balaban J connectivity index is 1.19. The number of carbonyl (C=O) groups excluding carboxylic acids is 1. The number of rotatable bonds is 6. The molecule has 1 amide bonds. The number of piperazine rings is 1. The number of nitrogens with one attached hydrogen (secondary N) is 1. The van der Waals surface area contributed by atoms with Crippen LogP contribution in [0.3, 0.4) is 0 Å². The predicted octanol–water partition coefficient (Wildman–Crippen LogP) is 2.56. The first-order chi connectivity index (χ1) is 13.8. The molecule has 2 fully saturated rings. The van der Waals surface area contributed by atoms with E-state index < -0.39 is 0 Å². The fraction of sp³-hybridized carbons (Fsp3) is 0.455. The molecular formula is C22H28N4OS. The summed E-state index contributed by atoms with van der Waals surface area (Å²) in [6, 6.07) is 14.6. The van der Waals surface area contributed by atoms with E-state index in [2.05, 4.69) is 45.5 Å². The molecule has 2 atom stereocenters. The van der Waals surface area contributed by atoms with Crippen LogP contribution in [0.2, 0.25) is 0 Å². The van der Waals surface area contributed by atoms with Crippen molar-refractivity contribution in [2.45, 2.75) is 24.3 Å². The van der Waals surface area contributed by atoms with E-state index in [-0.39, 0.29) is 17.3 Å². The van der Waals surface area contributed by atoms with Crippen LogP contribution in [-0.2, 0) is 11.2 Å². The SMILES string of the molecule is O=C(C1CSC(c2ccncc2)N1)N1CCN(CCCc2ccccc2)CC1. The largest absolute Gasteiger partial charge is 0.339 e. The van der Waals surface area contributed by atoms with E-state index in [9.17, 15) is 4.79 Å². The van der Waals surface area contributed by atoms with Gasteiger partial charge in [0.05, 0.1) is 11.4 Å². The Morgan fingerprint density at radius 3 is 2.57 bits per heavy atom. The fourth-order valence-corrected chi connectivity index (χ4v) is 5.14. The van der Waals surface area contributed by atoms with Crippen molar-refractivity contribution in [2.75, 3.05) is 38.5 Å². The Morgan fingerprint density at radius 2 is 1.82 bits per heavy atom. The van der Waals surface area contributed by atoms with E-state index >= 15 is 0 Å². The van der Waals surface area contributed by atoms with Crippen LogP contribution in [0.15, 0.2) is 54.9 Å². The zero-order valence-electron chi connectivity index (χ0n) is 16.2. The molecule has 1 N–H and O–H groups in total. The van der Waals surface area contributed by atoms with E-state index in [1.54, 1.807) is 0 Å². The molecule has 5 nitrogen and oxygen atoms in total. The molecule has 0 spiro atoms. The smallest absolute Gasteiger partial charge is 0.240 e. The summed E-state index contributed by atoms with van der Waals surface area (Å²) >= 11 is 1.81. The lowest BCUT2D eigenvalue weighted by Crippen LogP contribution is -2.53. The fourth-order valence-electron chi connectivity index (χ4n) is 3.91. The van der Waals surface area contributed by atoms with Crippen LogP contribution < -0.4 is 5.32 Å². The Hall–Kier alpha value is -1.89. The molecule has 6 heteroatoms. The van der Waals surface area contributed by atoms with Gasteiger partial charge in [-0.25, -0.2) is 0 Å². The number of nitrogens with zero attached hydrogens (tertiary/aromatic N) is 3. The zero-order chi connectivity index (χ0) is 19.2. The van der Waals surface area contributed by atoms with Crippen molar-refractivity contribution in [1.29, 1.82) is 0 Å². The summed E-state index contributed by atoms with van der Waals surface area (Å²) in [5.41, 5.74) is 2.60. The van der Waals surface area contributed by atoms with Crippen LogP contribution in [-0.4, -0.2) is 65.2 Å². The van der Waals surface area contributed by atoms with Crippen molar-refractivity contribution >= 4 is 17.7 Å². The van der Waals surface area contributed by atoms with Crippen molar-refractivity contribution in [3.05, 3.63) is 66.0 Å². The van der Waals surface area contributed by atoms with Crippen molar-refractivity contribution in [2.24, 2.45) is 0 Å². The molecule has 1 aromatic carbocycles. The van der Waals surface area contributed by atoms with Crippen LogP contribution in [0.1, 0.15) is 22.9 Å². The van der Waals surface area contributed by atoms with Crippen LogP contribution >= 0.6 is 11.8 Å². The van der Waals surface area contributed by atoms with Crippen LogP contribution in [0, 0.1) is 0 Å². The van der Waals surface area contributed by atoms with E-state index in [1.807, 2.05) is 41.2 Å². The van der Waals surface area contributed by atoms with Crippen LogP contribution in [0.5, 0.6) is 0 Å². The molecule has 0 radical (unpaired) electrons. The minimum absolute atomic E-state index is 0.0761. The van der Waals surface area contributed by atoms with Crippen molar-refractivity contribution in [3.8, 4) is 0 Å². The first kappa shape index (κ1) is 19.4. The third-order valence-electron chi connectivity index (χ3n) is 5.56. The molecule has 2 aromatic rings. The third kappa shape index (κ3) is 4.93. The van der Waals surface area contributed by atoms with Gasteiger partial charge in [-0.05, 0) is 42.6 Å². The van der Waals surface area contributed by atoms with Gasteiger partial charge in [-0.2, -0.15) is 0 Å². The molecule has 2 unspecified atom stereocenters. The molecule has 2 aliphatic rings. The number of thioether (sulfide) groups is 1. The molecule has 3 heterocycles. The number of hydrogen-bond donors (Lipinski definition) is 1. The molecule has 2 aliphatic heterocycles. The van der Waals surface area contributed by atoms with Gasteiger partial charge in [-0.3, -0.25) is 20.0 Å². The predicted molar refractivity (Wildman–Crippen MR) is 114 cm³/mol. The van der Waals surface area contributed by atoms with Gasteiger partial charge in [-0.1, -0.05) is 30.3 Å². The molecule has 0 saturated carbocycles. The van der Waals surface area contributed by atoms with Gasteiger partial charge in [0.2, 0.25) is 5.91 Å². The highest BCUT2D eigenvalue weighted by Gasteiger charge is 2.34. The number of pyridine rings is 1. The first-order valence-corrected chi connectivity index (χ1v) is 11.2. The lowest BCUT2D eigenvalue weighted by molar-refractivity contribution is -0.134. The van der Waals surface area contributed by atoms with Gasteiger partial charge < -0.3 is 4.90 Å². The molecule has 2 saturated heterocycles. The summed E-state index contributed by atoms with van der Waals surface area (Å²) in [5.74, 6) is 1.09. The van der Waals surface area contributed by atoms with Gasteiger partial charge in [0.1, 0.15) is 0 Å². The van der Waals surface area contributed by atoms with Gasteiger partial charge in [0.25, 0.3) is 0 Å². The van der Waals surface area contributed by atoms with Crippen LogP contribution in [0.4, 0.5) is 0 Å². The lowest BCUT2D eigenvalue weighted by Gasteiger charge is -2.36. The van der Waals surface area contributed by atoms with Crippen LogP contribution in [0.25, 0.3) is 0 Å². The molecule has 1 aromatic heterocycles. The number of hydrogen-bond acceptors (Lipinski definition) is 5. The zero-order valence-corrected chi connectivity index (χ0v) is 17.0. The summed E-state index contributed by atoms with van der Waals surface area (Å²) in [6.07, 6.45) is 5.92. The number of amides is 1. The Morgan fingerprint density at radius 1 is 1.07 bits per heavy atom. The molecule has 4 rings (SSSR count). The molecular weight excluding hydrogens is 368 g/mol. The maximum atomic E-state index is 12.9. The van der Waals surface area contributed by atoms with Crippen molar-refractivity contribution in [1.82, 2.24) is 20.1 Å². The number of benzene rings is 1. The maximum Gasteiger partial charge on any atom is 0.240 e. The van der Waals surface area contributed by atoms with Gasteiger partial charge >= 0.3 is 0 Å². The second kappa shape index (κ2) is 9.54. The molecule has 148 valence electrons. The summed E-state index contributed by atoms with van der Waals surface area (Å²) in [7, 11) is 0. The highest BCUT2D eigenvalue weighted by molar-refractivity contribution is 7.99. The lowest BCUT2D eigenvalue weighted by atomic mass is 10.1. The van der Waals surface area contributed by atoms with Gasteiger partial charge in [0, 0.05) is 44.3 Å². The minimum Gasteiger partial charge on any atom is -0.339 e. The Kier molecular flexibility index (Phi) is 6.62. The second-order valence-corrected chi connectivity index (χ2v) is 8.61. The number of carbonyl (C=O) groups is 1. The molecule has 0 bridgehead atoms. The third-order valence-corrected chi connectivity index (χ3v) is 6.82. The van der Waals surface area contributed by atoms with E-state index in [0.717, 1.165) is 44.9 Å². The summed E-state index contributed by atoms with van der Waals surface area (Å²) in [6.45, 7) is 4.75. The maximum absolute atomic E-state index is 12.9. The Labute approximate surface area is 171 Å². The molecule has 0 aliphatic carbocycles. The normalized spacial score (nSPS) is 23.1.